The Bertz CT molecular complexity index is 576. The zero-order chi connectivity index (χ0) is 27.0. The predicted molar refractivity (Wildman–Crippen MR) is 176 cm³/mol. The lowest BCUT2D eigenvalue weighted by Gasteiger charge is -2.20. The van der Waals surface area contributed by atoms with Gasteiger partial charge in [-0.2, -0.15) is 25.3 Å². The van der Waals surface area contributed by atoms with Gasteiger partial charge >= 0.3 is 0 Å². The molecule has 0 saturated carbocycles. The molecule has 0 fully saturated rings. The van der Waals surface area contributed by atoms with Crippen molar-refractivity contribution in [3.8, 4) is 0 Å². The average molecular weight is 615 g/mol. The van der Waals surface area contributed by atoms with Crippen LogP contribution in [-0.4, -0.2) is 50.4 Å². The molecule has 36 heavy (non-hydrogen) atoms. The van der Waals surface area contributed by atoms with Gasteiger partial charge in [-0.3, -0.25) is 0 Å². The van der Waals surface area contributed by atoms with Gasteiger partial charge in [0.1, 0.15) is 17.3 Å². The van der Waals surface area contributed by atoms with Crippen molar-refractivity contribution in [1.29, 1.82) is 0 Å². The lowest BCUT2D eigenvalue weighted by atomic mass is 10.1. The second-order valence-corrected chi connectivity index (χ2v) is 16.4. The first kappa shape index (κ1) is 37.1. The number of rotatable bonds is 27. The normalized spacial score (nSPS) is 13.9. The van der Waals surface area contributed by atoms with Crippen LogP contribution in [0.1, 0.15) is 117 Å². The fraction of sp³-hybridized carbons (Fsp3) is 0.889. The lowest BCUT2D eigenvalue weighted by molar-refractivity contribution is -0.117. The Morgan fingerprint density at radius 1 is 0.583 bits per heavy atom. The molecule has 0 radical (unpaired) electrons. The molecule has 0 heterocycles. The van der Waals surface area contributed by atoms with Gasteiger partial charge in [-0.1, -0.05) is 62.4 Å². The van der Waals surface area contributed by atoms with Crippen LogP contribution in [-0.2, 0) is 14.4 Å². The smallest absolute Gasteiger partial charge is 0.129 e. The van der Waals surface area contributed by atoms with Gasteiger partial charge in [0.2, 0.25) is 0 Å². The summed E-state index contributed by atoms with van der Waals surface area (Å²) in [5, 5.41) is 1.66. The van der Waals surface area contributed by atoms with E-state index in [2.05, 4.69) is 12.6 Å². The zero-order valence-electron chi connectivity index (χ0n) is 22.7. The van der Waals surface area contributed by atoms with Crippen LogP contribution in [0.3, 0.4) is 0 Å². The molecule has 0 rings (SSSR count). The maximum atomic E-state index is 11.3. The number of ketones is 3. The fourth-order valence-corrected chi connectivity index (χ4v) is 10.4. The molecule has 0 aromatic carbocycles. The predicted octanol–water partition coefficient (Wildman–Crippen LogP) is 9.33. The first-order valence-corrected chi connectivity index (χ1v) is 19.5. The Kier molecular flexibility index (Phi) is 27.2. The molecule has 3 atom stereocenters. The third-order valence-corrected chi connectivity index (χ3v) is 12.7. The van der Waals surface area contributed by atoms with Crippen molar-refractivity contribution < 1.29 is 14.4 Å². The number of Topliss-reactive ketones (excluding diaryl/α,β-unsaturated/α-hetero) is 3. The zero-order valence-corrected chi connectivity index (χ0v) is 27.8. The number of thiol groups is 2. The minimum absolute atomic E-state index is 0.285. The van der Waals surface area contributed by atoms with E-state index in [9.17, 15) is 14.4 Å². The second-order valence-electron chi connectivity index (χ2n) is 9.67. The number of carbonyl (C=O) groups excluding carboxylic acids is 3. The van der Waals surface area contributed by atoms with Crippen LogP contribution in [0.15, 0.2) is 0 Å². The molecule has 0 aliphatic heterocycles. The van der Waals surface area contributed by atoms with Crippen LogP contribution in [0.2, 0.25) is 0 Å². The molecule has 0 aromatic heterocycles. The standard InChI is InChI=1S/C27H50O3S6/c1-22(28)10-4-7-13-25(32)17-20-33-34-21-18-27(15-9-6-12-24(3)30)36-35-26(16-19-31)14-8-5-11-23(2)29/h25-27,31-32H,4-21H2,1-3H3. The highest BCUT2D eigenvalue weighted by Crippen LogP contribution is 2.39. The third kappa shape index (κ3) is 26.7. The van der Waals surface area contributed by atoms with Gasteiger partial charge in [-0.05, 0) is 84.3 Å². The largest absolute Gasteiger partial charge is 0.300 e. The Balaban J connectivity index is 4.28. The van der Waals surface area contributed by atoms with Crippen LogP contribution in [0.5, 0.6) is 0 Å². The van der Waals surface area contributed by atoms with Crippen LogP contribution >= 0.6 is 68.4 Å². The number of hydrogen-bond donors (Lipinski definition) is 2. The van der Waals surface area contributed by atoms with Crippen molar-refractivity contribution in [1.82, 2.24) is 0 Å². The monoisotopic (exact) mass is 614 g/mol. The van der Waals surface area contributed by atoms with Crippen LogP contribution in [0, 0.1) is 0 Å². The summed E-state index contributed by atoms with van der Waals surface area (Å²) in [6, 6.07) is 0. The van der Waals surface area contributed by atoms with Gasteiger partial charge in [0.15, 0.2) is 0 Å². The van der Waals surface area contributed by atoms with E-state index in [4.69, 9.17) is 12.6 Å². The molecular formula is C27H50O3S6. The van der Waals surface area contributed by atoms with Gasteiger partial charge in [-0.15, -0.1) is 0 Å². The SMILES string of the molecule is CC(=O)CCCCC(S)CCSSCCC(CCCCC(C)=O)SSC(CCS)CCCCC(C)=O. The van der Waals surface area contributed by atoms with Crippen molar-refractivity contribution in [2.24, 2.45) is 0 Å². The Labute approximate surface area is 248 Å². The van der Waals surface area contributed by atoms with E-state index in [0.717, 1.165) is 81.5 Å². The van der Waals surface area contributed by atoms with E-state index in [1.54, 1.807) is 20.8 Å². The molecule has 0 aliphatic carbocycles. The summed E-state index contributed by atoms with van der Waals surface area (Å²) in [6.45, 7) is 5.03. The molecule has 0 amide bonds. The molecule has 9 heteroatoms. The maximum absolute atomic E-state index is 11.3. The van der Waals surface area contributed by atoms with E-state index >= 15 is 0 Å². The van der Waals surface area contributed by atoms with Crippen molar-refractivity contribution in [2.45, 2.75) is 133 Å². The van der Waals surface area contributed by atoms with E-state index in [1.165, 1.54) is 12.8 Å². The Morgan fingerprint density at radius 2 is 1.00 bits per heavy atom. The van der Waals surface area contributed by atoms with Crippen LogP contribution in [0.25, 0.3) is 0 Å². The van der Waals surface area contributed by atoms with Gasteiger partial charge in [0, 0.05) is 46.5 Å². The molecule has 212 valence electrons. The third-order valence-electron chi connectivity index (χ3n) is 5.85. The van der Waals surface area contributed by atoms with Crippen molar-refractivity contribution in [3.63, 3.8) is 0 Å². The van der Waals surface area contributed by atoms with Crippen LogP contribution < -0.4 is 0 Å². The number of hydrogen-bond acceptors (Lipinski definition) is 9. The summed E-state index contributed by atoms with van der Waals surface area (Å²) in [7, 11) is 8.02. The summed E-state index contributed by atoms with van der Waals surface area (Å²) in [5.74, 6) is 4.05. The molecule has 3 nitrogen and oxygen atoms in total. The fourth-order valence-electron chi connectivity index (χ4n) is 3.65. The summed E-state index contributed by atoms with van der Waals surface area (Å²) in [5.41, 5.74) is 0. The van der Waals surface area contributed by atoms with E-state index in [0.29, 0.717) is 46.6 Å². The minimum Gasteiger partial charge on any atom is -0.300 e. The minimum atomic E-state index is 0.285. The van der Waals surface area contributed by atoms with Crippen molar-refractivity contribution in [2.75, 3.05) is 17.3 Å². The van der Waals surface area contributed by atoms with Gasteiger partial charge < -0.3 is 14.4 Å². The molecular weight excluding hydrogens is 565 g/mol. The number of unbranched alkanes of at least 4 members (excludes halogenated alkanes) is 3. The molecule has 0 aromatic rings. The molecule has 0 N–H and O–H groups in total. The first-order chi connectivity index (χ1) is 17.2. The van der Waals surface area contributed by atoms with Gasteiger partial charge in [-0.25, -0.2) is 0 Å². The molecule has 0 spiro atoms. The lowest BCUT2D eigenvalue weighted by Crippen LogP contribution is -2.08. The first-order valence-electron chi connectivity index (χ1n) is 13.6. The summed E-state index contributed by atoms with van der Waals surface area (Å²) in [4.78, 5) is 33.5. The van der Waals surface area contributed by atoms with Crippen molar-refractivity contribution >= 4 is 85.8 Å². The summed E-state index contributed by atoms with van der Waals surface area (Å²) >= 11 is 9.19. The Morgan fingerprint density at radius 3 is 1.44 bits per heavy atom. The molecule has 3 unspecified atom stereocenters. The average Bonchev–Trinajstić information content (AvgIpc) is 2.81. The summed E-state index contributed by atoms with van der Waals surface area (Å²) in [6.07, 6.45) is 15.3. The van der Waals surface area contributed by atoms with Gasteiger partial charge in [0.25, 0.3) is 0 Å². The highest BCUT2D eigenvalue weighted by molar-refractivity contribution is 8.77. The Hall–Kier alpha value is 1.11. The van der Waals surface area contributed by atoms with E-state index < -0.39 is 0 Å². The second kappa shape index (κ2) is 26.3. The highest BCUT2D eigenvalue weighted by Gasteiger charge is 2.16. The molecule has 0 aliphatic rings. The quantitative estimate of drug-likeness (QED) is 0.0543. The number of carbonyl (C=O) groups is 3. The highest BCUT2D eigenvalue weighted by atomic mass is 33.1. The van der Waals surface area contributed by atoms with Crippen molar-refractivity contribution in [3.05, 3.63) is 0 Å². The molecule has 0 bridgehead atoms. The van der Waals surface area contributed by atoms with E-state index in [-0.39, 0.29) is 5.78 Å². The molecule has 0 saturated heterocycles. The summed E-state index contributed by atoms with van der Waals surface area (Å²) < 4.78 is 0. The maximum Gasteiger partial charge on any atom is 0.129 e. The topological polar surface area (TPSA) is 51.2 Å². The van der Waals surface area contributed by atoms with Crippen LogP contribution in [0.4, 0.5) is 0 Å². The van der Waals surface area contributed by atoms with E-state index in [1.807, 2.05) is 43.2 Å². The van der Waals surface area contributed by atoms with Gasteiger partial charge in [0.05, 0.1) is 0 Å².